The van der Waals surface area contributed by atoms with E-state index in [0.29, 0.717) is 5.56 Å². The molecule has 1 atom stereocenters. The Kier molecular flexibility index (Phi) is 2.79. The van der Waals surface area contributed by atoms with E-state index in [1.807, 2.05) is 0 Å². The molecule has 3 rings (SSSR count). The van der Waals surface area contributed by atoms with E-state index >= 15 is 0 Å². The van der Waals surface area contributed by atoms with Gasteiger partial charge in [-0.25, -0.2) is 0 Å². The predicted octanol–water partition coefficient (Wildman–Crippen LogP) is 1.69. The predicted molar refractivity (Wildman–Crippen MR) is 70.6 cm³/mol. The molecule has 2 aromatic carbocycles. The fraction of sp³-hybridized carbons (Fsp3) is 0.0667. The lowest BCUT2D eigenvalue weighted by Crippen LogP contribution is -2.31. The van der Waals surface area contributed by atoms with Crippen LogP contribution in [0.4, 0.5) is 0 Å². The van der Waals surface area contributed by atoms with Gasteiger partial charge in [0.1, 0.15) is 28.6 Å². The monoisotopic (exact) mass is 286 g/mol. The van der Waals surface area contributed by atoms with E-state index in [-0.39, 0.29) is 22.8 Å². The summed E-state index contributed by atoms with van der Waals surface area (Å²) in [7, 11) is 0. The minimum atomic E-state index is -1.17. The maximum absolute atomic E-state index is 12.1. The van der Waals surface area contributed by atoms with Gasteiger partial charge in [-0.3, -0.25) is 9.59 Å². The number of ether oxygens (including phenoxy) is 1. The summed E-state index contributed by atoms with van der Waals surface area (Å²) in [5, 5.41) is 28.4. The van der Waals surface area contributed by atoms with Crippen molar-refractivity contribution >= 4 is 11.6 Å². The second-order valence-electron chi connectivity index (χ2n) is 4.62. The Labute approximate surface area is 118 Å². The molecule has 21 heavy (non-hydrogen) atoms. The van der Waals surface area contributed by atoms with Gasteiger partial charge in [-0.1, -0.05) is 12.1 Å². The van der Waals surface area contributed by atoms with E-state index in [2.05, 4.69) is 0 Å². The number of phenols is 3. The minimum absolute atomic E-state index is 0.0176. The fourth-order valence-corrected chi connectivity index (χ4v) is 2.20. The van der Waals surface area contributed by atoms with Crippen molar-refractivity contribution in [3.63, 3.8) is 0 Å². The summed E-state index contributed by atoms with van der Waals surface area (Å²) in [6.45, 7) is 0. The summed E-state index contributed by atoms with van der Waals surface area (Å²) < 4.78 is 5.43. The first-order valence-corrected chi connectivity index (χ1v) is 6.07. The Morgan fingerprint density at radius 2 is 1.57 bits per heavy atom. The Hall–Kier alpha value is -3.02. The van der Waals surface area contributed by atoms with Crippen LogP contribution < -0.4 is 4.74 Å². The largest absolute Gasteiger partial charge is 0.508 e. The number of Topliss-reactive ketones (excluding diaryl/α,β-unsaturated/α-hetero) is 2. The van der Waals surface area contributed by atoms with Crippen LogP contribution in [0.3, 0.4) is 0 Å². The number of carbonyl (C=O) groups excluding carboxylic acids is 2. The highest BCUT2D eigenvalue weighted by molar-refractivity contribution is 6.47. The second-order valence-corrected chi connectivity index (χ2v) is 4.62. The van der Waals surface area contributed by atoms with Crippen molar-refractivity contribution in [2.24, 2.45) is 0 Å². The van der Waals surface area contributed by atoms with Crippen LogP contribution in [0.15, 0.2) is 36.4 Å². The molecule has 1 aliphatic heterocycles. The Balaban J connectivity index is 2.09. The van der Waals surface area contributed by atoms with E-state index in [1.165, 1.54) is 24.3 Å². The van der Waals surface area contributed by atoms with Gasteiger partial charge in [0.15, 0.2) is 6.10 Å². The van der Waals surface area contributed by atoms with Gasteiger partial charge in [0.05, 0.1) is 0 Å². The fourth-order valence-electron chi connectivity index (χ4n) is 2.20. The summed E-state index contributed by atoms with van der Waals surface area (Å²) in [5.74, 6) is -2.54. The zero-order valence-electron chi connectivity index (χ0n) is 10.6. The highest BCUT2D eigenvalue weighted by atomic mass is 16.5. The molecule has 0 bridgehead atoms. The van der Waals surface area contributed by atoms with Crippen LogP contribution in [0.25, 0.3) is 0 Å². The lowest BCUT2D eigenvalue weighted by Gasteiger charge is -2.24. The Morgan fingerprint density at radius 3 is 2.24 bits per heavy atom. The van der Waals surface area contributed by atoms with Crippen LogP contribution >= 0.6 is 0 Å². The number of benzene rings is 2. The molecule has 106 valence electrons. The van der Waals surface area contributed by atoms with Gasteiger partial charge in [-0.2, -0.15) is 0 Å². The Morgan fingerprint density at radius 1 is 0.905 bits per heavy atom. The number of hydrogen-bond donors (Lipinski definition) is 3. The van der Waals surface area contributed by atoms with E-state index in [4.69, 9.17) is 4.74 Å². The maximum Gasteiger partial charge on any atom is 0.248 e. The van der Waals surface area contributed by atoms with E-state index in [1.54, 1.807) is 0 Å². The topological polar surface area (TPSA) is 104 Å². The normalized spacial score (nSPS) is 17.2. The van der Waals surface area contributed by atoms with Gasteiger partial charge in [0.25, 0.3) is 0 Å². The maximum atomic E-state index is 12.1. The van der Waals surface area contributed by atoms with Crippen molar-refractivity contribution in [3.8, 4) is 23.0 Å². The molecule has 1 heterocycles. The summed E-state index contributed by atoms with van der Waals surface area (Å²) in [6, 6.07) is 7.77. The van der Waals surface area contributed by atoms with Crippen LogP contribution in [0, 0.1) is 0 Å². The van der Waals surface area contributed by atoms with Crippen LogP contribution in [-0.2, 0) is 4.79 Å². The van der Waals surface area contributed by atoms with Gasteiger partial charge in [-0.05, 0) is 12.1 Å². The Bertz CT molecular complexity index is 748. The van der Waals surface area contributed by atoms with Crippen molar-refractivity contribution in [2.75, 3.05) is 0 Å². The average molecular weight is 286 g/mol. The molecule has 2 aromatic rings. The summed E-state index contributed by atoms with van der Waals surface area (Å²) in [4.78, 5) is 24.2. The van der Waals surface area contributed by atoms with Crippen molar-refractivity contribution in [1.82, 2.24) is 0 Å². The lowest BCUT2D eigenvalue weighted by molar-refractivity contribution is -0.122. The van der Waals surface area contributed by atoms with E-state index in [0.717, 1.165) is 12.1 Å². The number of rotatable bonds is 1. The molecular weight excluding hydrogens is 276 g/mol. The molecule has 0 radical (unpaired) electrons. The average Bonchev–Trinajstić information content (AvgIpc) is 2.43. The van der Waals surface area contributed by atoms with E-state index in [9.17, 15) is 24.9 Å². The van der Waals surface area contributed by atoms with Crippen LogP contribution in [0.1, 0.15) is 22.0 Å². The summed E-state index contributed by atoms with van der Waals surface area (Å²) >= 11 is 0. The van der Waals surface area contributed by atoms with Crippen molar-refractivity contribution in [3.05, 3.63) is 47.5 Å². The van der Waals surface area contributed by atoms with Gasteiger partial charge < -0.3 is 20.1 Å². The van der Waals surface area contributed by atoms with Crippen LogP contribution in [0.2, 0.25) is 0 Å². The molecule has 0 fully saturated rings. The summed E-state index contributed by atoms with van der Waals surface area (Å²) in [6.07, 6.45) is -1.17. The number of aromatic hydroxyl groups is 3. The molecule has 0 aromatic heterocycles. The van der Waals surface area contributed by atoms with Gasteiger partial charge in [0, 0.05) is 17.7 Å². The van der Waals surface area contributed by atoms with Crippen LogP contribution in [0.5, 0.6) is 23.0 Å². The van der Waals surface area contributed by atoms with E-state index < -0.39 is 23.4 Å². The first-order valence-electron chi connectivity index (χ1n) is 6.07. The highest BCUT2D eigenvalue weighted by Crippen LogP contribution is 2.40. The zero-order chi connectivity index (χ0) is 15.1. The molecule has 1 unspecified atom stereocenters. The first-order chi connectivity index (χ1) is 9.97. The minimum Gasteiger partial charge on any atom is -0.508 e. The molecule has 0 saturated heterocycles. The van der Waals surface area contributed by atoms with Crippen LogP contribution in [-0.4, -0.2) is 26.9 Å². The molecule has 6 heteroatoms. The highest BCUT2D eigenvalue weighted by Gasteiger charge is 2.38. The van der Waals surface area contributed by atoms with Crippen molar-refractivity contribution in [1.29, 1.82) is 0 Å². The SMILES string of the molecule is O=C1C(=O)C(c2ccc(O)cc2)Oc2cc(O)cc(O)c21. The number of carbonyl (C=O) groups is 2. The third-order valence-corrected chi connectivity index (χ3v) is 3.20. The molecule has 0 spiro atoms. The smallest absolute Gasteiger partial charge is 0.248 e. The molecular formula is C15H10O6. The zero-order valence-corrected chi connectivity index (χ0v) is 10.6. The van der Waals surface area contributed by atoms with Crippen molar-refractivity contribution in [2.45, 2.75) is 6.10 Å². The number of fused-ring (bicyclic) bond motifs is 1. The summed E-state index contributed by atoms with van der Waals surface area (Å²) in [5.41, 5.74) is 0.132. The standard InChI is InChI=1S/C15H10O6/c16-8-3-1-7(2-4-8)15-14(20)13(19)12-10(18)5-9(17)6-11(12)21-15/h1-6,15-18H. The first kappa shape index (κ1) is 13.0. The molecule has 0 aliphatic carbocycles. The third-order valence-electron chi connectivity index (χ3n) is 3.20. The van der Waals surface area contributed by atoms with Gasteiger partial charge >= 0.3 is 0 Å². The second kappa shape index (κ2) is 4.52. The molecule has 3 N–H and O–H groups in total. The molecule has 6 nitrogen and oxygen atoms in total. The van der Waals surface area contributed by atoms with Crippen molar-refractivity contribution < 1.29 is 29.6 Å². The molecule has 0 saturated carbocycles. The quantitative estimate of drug-likeness (QED) is 0.689. The number of hydrogen-bond acceptors (Lipinski definition) is 6. The molecule has 0 amide bonds. The molecule has 1 aliphatic rings. The number of phenolic OH excluding ortho intramolecular Hbond substituents is 3. The third kappa shape index (κ3) is 2.06. The van der Waals surface area contributed by atoms with Gasteiger partial charge in [0.2, 0.25) is 11.6 Å². The number of ketones is 2. The van der Waals surface area contributed by atoms with Gasteiger partial charge in [-0.15, -0.1) is 0 Å². The lowest BCUT2D eigenvalue weighted by atomic mass is 9.94.